The molecular weight excluding hydrogens is 268 g/mol. The van der Waals surface area contributed by atoms with Crippen molar-refractivity contribution < 1.29 is 14.7 Å². The molecule has 19 heavy (non-hydrogen) atoms. The van der Waals surface area contributed by atoms with Crippen LogP contribution in [0.15, 0.2) is 30.3 Å². The molecule has 0 aromatic heterocycles. The van der Waals surface area contributed by atoms with Crippen LogP contribution in [0.2, 0.25) is 0 Å². The summed E-state index contributed by atoms with van der Waals surface area (Å²) in [6.45, 7) is 2.00. The van der Waals surface area contributed by atoms with E-state index in [4.69, 9.17) is 5.11 Å². The fraction of sp³-hybridized carbons (Fsp3) is 0.385. The molecule has 0 spiro atoms. The molecule has 0 saturated carbocycles. The van der Waals surface area contributed by atoms with Gasteiger partial charge in [-0.2, -0.15) is 0 Å². The van der Waals surface area contributed by atoms with Crippen LogP contribution in [-0.4, -0.2) is 41.5 Å². The number of anilines is 1. The second-order valence-electron chi connectivity index (χ2n) is 4.16. The van der Waals surface area contributed by atoms with Crippen molar-refractivity contribution in [3.63, 3.8) is 0 Å². The molecule has 6 heteroatoms. The lowest BCUT2D eigenvalue weighted by molar-refractivity contribution is -0.142. The topological polar surface area (TPSA) is 69.6 Å². The van der Waals surface area contributed by atoms with Gasteiger partial charge in [-0.15, -0.1) is 12.4 Å². The number of carbonyl (C=O) groups is 2. The summed E-state index contributed by atoms with van der Waals surface area (Å²) in [7, 11) is 1.69. The summed E-state index contributed by atoms with van der Waals surface area (Å²) in [6, 6.07) is 8.58. The first-order valence-corrected chi connectivity index (χ1v) is 5.78. The standard InChI is InChI=1S/C13H18N2O3.ClH/c1-10(13(17)18)15(2)9-8-12(16)14-11-6-4-3-5-7-11;/h3-7,10H,8-9H2,1-2H3,(H,14,16)(H,17,18);1H. The molecular formula is C13H19ClN2O3. The number of hydrogen-bond acceptors (Lipinski definition) is 3. The number of carboxylic acid groups (broad SMARTS) is 1. The van der Waals surface area contributed by atoms with Crippen LogP contribution in [0.25, 0.3) is 0 Å². The van der Waals surface area contributed by atoms with Crippen molar-refractivity contribution in [2.24, 2.45) is 0 Å². The van der Waals surface area contributed by atoms with Gasteiger partial charge in [-0.25, -0.2) is 0 Å². The Morgan fingerprint density at radius 3 is 2.42 bits per heavy atom. The van der Waals surface area contributed by atoms with Gasteiger partial charge < -0.3 is 10.4 Å². The van der Waals surface area contributed by atoms with Crippen LogP contribution in [-0.2, 0) is 9.59 Å². The Morgan fingerprint density at radius 2 is 1.89 bits per heavy atom. The molecule has 0 fully saturated rings. The summed E-state index contributed by atoms with van der Waals surface area (Å²) in [5.74, 6) is -1.01. The molecule has 5 nitrogen and oxygen atoms in total. The third kappa shape index (κ3) is 6.22. The van der Waals surface area contributed by atoms with Crippen LogP contribution in [0.5, 0.6) is 0 Å². The zero-order valence-corrected chi connectivity index (χ0v) is 11.8. The minimum Gasteiger partial charge on any atom is -0.480 e. The summed E-state index contributed by atoms with van der Waals surface area (Å²) >= 11 is 0. The Kier molecular flexibility index (Phi) is 7.79. The van der Waals surface area contributed by atoms with Crippen LogP contribution in [0, 0.1) is 0 Å². The highest BCUT2D eigenvalue weighted by Gasteiger charge is 2.17. The van der Waals surface area contributed by atoms with Gasteiger partial charge in [-0.1, -0.05) is 18.2 Å². The number of halogens is 1. The molecule has 106 valence electrons. The molecule has 1 amide bonds. The van der Waals surface area contributed by atoms with Gasteiger partial charge in [-0.3, -0.25) is 14.5 Å². The molecule has 1 atom stereocenters. The maximum Gasteiger partial charge on any atom is 0.320 e. The summed E-state index contributed by atoms with van der Waals surface area (Å²) in [5, 5.41) is 11.6. The quantitative estimate of drug-likeness (QED) is 0.837. The monoisotopic (exact) mass is 286 g/mol. The van der Waals surface area contributed by atoms with E-state index in [0.29, 0.717) is 6.54 Å². The van der Waals surface area contributed by atoms with Gasteiger partial charge in [0.1, 0.15) is 6.04 Å². The molecule has 0 heterocycles. The predicted molar refractivity (Wildman–Crippen MR) is 76.7 cm³/mol. The van der Waals surface area contributed by atoms with Crippen molar-refractivity contribution in [3.8, 4) is 0 Å². The number of aliphatic carboxylic acids is 1. The van der Waals surface area contributed by atoms with E-state index in [2.05, 4.69) is 5.32 Å². The Labute approximate surface area is 119 Å². The number of nitrogens with one attached hydrogen (secondary N) is 1. The third-order valence-corrected chi connectivity index (χ3v) is 2.77. The zero-order valence-electron chi connectivity index (χ0n) is 11.0. The molecule has 1 unspecified atom stereocenters. The minimum absolute atomic E-state index is 0. The maximum atomic E-state index is 11.6. The van der Waals surface area contributed by atoms with E-state index in [1.807, 2.05) is 30.3 Å². The predicted octanol–water partition coefficient (Wildman–Crippen LogP) is 1.84. The van der Waals surface area contributed by atoms with E-state index < -0.39 is 12.0 Å². The number of likely N-dealkylation sites (N-methyl/N-ethyl adjacent to an activating group) is 1. The third-order valence-electron chi connectivity index (χ3n) is 2.77. The Bertz CT molecular complexity index is 412. The number of carbonyl (C=O) groups excluding carboxylic acids is 1. The lowest BCUT2D eigenvalue weighted by atomic mass is 10.2. The van der Waals surface area contributed by atoms with Gasteiger partial charge in [0.15, 0.2) is 0 Å². The number of hydrogen-bond donors (Lipinski definition) is 2. The lowest BCUT2D eigenvalue weighted by Crippen LogP contribution is -2.37. The van der Waals surface area contributed by atoms with Crippen molar-refractivity contribution in [1.82, 2.24) is 4.90 Å². The fourth-order valence-corrected chi connectivity index (χ4v) is 1.41. The highest BCUT2D eigenvalue weighted by Crippen LogP contribution is 2.06. The molecule has 0 aliphatic carbocycles. The van der Waals surface area contributed by atoms with Crippen LogP contribution in [0.1, 0.15) is 13.3 Å². The largest absolute Gasteiger partial charge is 0.480 e. The van der Waals surface area contributed by atoms with Gasteiger partial charge in [0.05, 0.1) is 0 Å². The second-order valence-corrected chi connectivity index (χ2v) is 4.16. The van der Waals surface area contributed by atoms with E-state index in [-0.39, 0.29) is 24.7 Å². The molecule has 1 rings (SSSR count). The van der Waals surface area contributed by atoms with Gasteiger partial charge in [0.2, 0.25) is 5.91 Å². The summed E-state index contributed by atoms with van der Waals surface area (Å²) < 4.78 is 0. The number of carboxylic acids is 1. The number of rotatable bonds is 6. The van der Waals surface area contributed by atoms with E-state index in [1.165, 1.54) is 0 Å². The smallest absolute Gasteiger partial charge is 0.320 e. The van der Waals surface area contributed by atoms with Gasteiger partial charge in [0, 0.05) is 18.7 Å². The second kappa shape index (κ2) is 8.50. The molecule has 2 N–H and O–H groups in total. The Hall–Kier alpha value is -1.59. The SMILES string of the molecule is CC(C(=O)O)N(C)CCC(=O)Nc1ccccc1.Cl. The fourth-order valence-electron chi connectivity index (χ4n) is 1.41. The minimum atomic E-state index is -0.888. The van der Waals surface area contributed by atoms with Crippen LogP contribution < -0.4 is 5.32 Å². The summed E-state index contributed by atoms with van der Waals surface area (Å²) in [6.07, 6.45) is 0.267. The van der Waals surface area contributed by atoms with Gasteiger partial charge in [0.25, 0.3) is 0 Å². The van der Waals surface area contributed by atoms with Crippen LogP contribution in [0.3, 0.4) is 0 Å². The average molecular weight is 287 g/mol. The van der Waals surface area contributed by atoms with E-state index in [0.717, 1.165) is 5.69 Å². The lowest BCUT2D eigenvalue weighted by Gasteiger charge is -2.20. The molecule has 0 saturated heterocycles. The number of amides is 1. The van der Waals surface area contributed by atoms with E-state index in [1.54, 1.807) is 18.9 Å². The normalized spacial score (nSPS) is 11.5. The average Bonchev–Trinajstić information content (AvgIpc) is 2.36. The molecule has 0 radical (unpaired) electrons. The highest BCUT2D eigenvalue weighted by molar-refractivity contribution is 5.90. The van der Waals surface area contributed by atoms with Crippen LogP contribution >= 0.6 is 12.4 Å². The number of nitrogens with zero attached hydrogens (tertiary/aromatic N) is 1. The number of para-hydroxylation sites is 1. The van der Waals surface area contributed by atoms with Crippen molar-refractivity contribution in [2.75, 3.05) is 18.9 Å². The van der Waals surface area contributed by atoms with Crippen LogP contribution in [0.4, 0.5) is 5.69 Å². The van der Waals surface area contributed by atoms with E-state index >= 15 is 0 Å². The van der Waals surface area contributed by atoms with Crippen molar-refractivity contribution in [1.29, 1.82) is 0 Å². The molecule has 1 aromatic carbocycles. The Morgan fingerprint density at radius 1 is 1.32 bits per heavy atom. The first-order valence-electron chi connectivity index (χ1n) is 5.78. The molecule has 0 aliphatic heterocycles. The molecule has 1 aromatic rings. The maximum absolute atomic E-state index is 11.6. The van der Waals surface area contributed by atoms with Gasteiger partial charge >= 0.3 is 5.97 Å². The molecule has 0 bridgehead atoms. The summed E-state index contributed by atoms with van der Waals surface area (Å²) in [4.78, 5) is 24.0. The first-order chi connectivity index (χ1) is 8.50. The zero-order chi connectivity index (χ0) is 13.5. The first kappa shape index (κ1) is 17.4. The summed E-state index contributed by atoms with van der Waals surface area (Å²) in [5.41, 5.74) is 0.747. The van der Waals surface area contributed by atoms with Crippen molar-refractivity contribution >= 4 is 30.0 Å². The van der Waals surface area contributed by atoms with Gasteiger partial charge in [-0.05, 0) is 26.1 Å². The number of benzene rings is 1. The Balaban J connectivity index is 0.00000324. The van der Waals surface area contributed by atoms with Crippen molar-refractivity contribution in [2.45, 2.75) is 19.4 Å². The van der Waals surface area contributed by atoms with Crippen molar-refractivity contribution in [3.05, 3.63) is 30.3 Å². The van der Waals surface area contributed by atoms with E-state index in [9.17, 15) is 9.59 Å². The highest BCUT2D eigenvalue weighted by atomic mass is 35.5. The molecule has 0 aliphatic rings.